The molecule has 1 aliphatic rings. The van der Waals surface area contributed by atoms with E-state index in [4.69, 9.17) is 4.52 Å². The highest BCUT2D eigenvalue weighted by atomic mass is 16.5. The molecule has 3 rings (SSSR count). The zero-order valence-corrected chi connectivity index (χ0v) is 12.8. The Morgan fingerprint density at radius 2 is 2.23 bits per heavy atom. The molecule has 0 amide bonds. The topological polar surface area (TPSA) is 75.9 Å². The molecule has 116 valence electrons. The maximum atomic E-state index is 5.01. The van der Waals surface area contributed by atoms with E-state index in [1.54, 1.807) is 17.8 Å². The Hall–Kier alpha value is -2.37. The highest BCUT2D eigenvalue weighted by molar-refractivity contribution is 5.49. The van der Waals surface area contributed by atoms with Crippen LogP contribution < -0.4 is 10.6 Å². The van der Waals surface area contributed by atoms with Crippen LogP contribution in [0.3, 0.4) is 0 Å². The van der Waals surface area contributed by atoms with Gasteiger partial charge in [0.05, 0.1) is 0 Å². The van der Waals surface area contributed by atoms with Crippen LogP contribution >= 0.6 is 0 Å². The number of hydrogen-bond donors (Lipinski definition) is 2. The number of aromatic nitrogens is 3. The van der Waals surface area contributed by atoms with Crippen molar-refractivity contribution in [3.8, 4) is 0 Å². The van der Waals surface area contributed by atoms with E-state index < -0.39 is 0 Å². The zero-order valence-electron chi connectivity index (χ0n) is 12.8. The Morgan fingerprint density at radius 1 is 1.27 bits per heavy atom. The summed E-state index contributed by atoms with van der Waals surface area (Å²) in [6, 6.07) is 3.67. The van der Waals surface area contributed by atoms with Crippen LogP contribution in [0.2, 0.25) is 0 Å². The fourth-order valence-electron chi connectivity index (χ4n) is 2.54. The molecule has 0 bridgehead atoms. The first kappa shape index (κ1) is 14.6. The Labute approximate surface area is 130 Å². The normalized spacial score (nSPS) is 14.5. The molecule has 0 saturated heterocycles. The van der Waals surface area contributed by atoms with Gasteiger partial charge in [0.1, 0.15) is 11.6 Å². The van der Waals surface area contributed by atoms with E-state index in [0.717, 1.165) is 24.5 Å². The molecule has 1 aliphatic carbocycles. The average molecular weight is 299 g/mol. The molecule has 2 aromatic rings. The molecule has 0 atom stereocenters. The molecule has 0 spiro atoms. The lowest BCUT2D eigenvalue weighted by atomic mass is 9.97. The molecule has 0 aliphatic heterocycles. The number of aryl methyl sites for hydroxylation is 1. The summed E-state index contributed by atoms with van der Waals surface area (Å²) in [4.78, 5) is 8.61. The van der Waals surface area contributed by atoms with Crippen LogP contribution in [0.4, 0.5) is 17.6 Å². The molecule has 0 fully saturated rings. The number of rotatable bonds is 6. The summed E-state index contributed by atoms with van der Waals surface area (Å²) in [6.45, 7) is 2.74. The number of hydrogen-bond acceptors (Lipinski definition) is 6. The van der Waals surface area contributed by atoms with Gasteiger partial charge in [-0.2, -0.15) is 4.98 Å². The van der Waals surface area contributed by atoms with Gasteiger partial charge in [-0.05, 0) is 45.1 Å². The van der Waals surface area contributed by atoms with Gasteiger partial charge in [-0.1, -0.05) is 16.8 Å². The van der Waals surface area contributed by atoms with Crippen LogP contribution in [0.25, 0.3) is 0 Å². The predicted molar refractivity (Wildman–Crippen MR) is 86.2 cm³/mol. The molecule has 6 nitrogen and oxygen atoms in total. The maximum absolute atomic E-state index is 5.01. The first-order chi connectivity index (χ1) is 10.8. The SMILES string of the molecule is Cc1cc(Nc2nccc(NCCC3=CCCCC3)n2)no1. The third-order valence-electron chi connectivity index (χ3n) is 3.66. The summed E-state index contributed by atoms with van der Waals surface area (Å²) in [6.07, 6.45) is 10.3. The van der Waals surface area contributed by atoms with Crippen LogP contribution in [0.15, 0.2) is 34.5 Å². The number of anilines is 3. The van der Waals surface area contributed by atoms with Crippen molar-refractivity contribution in [1.29, 1.82) is 0 Å². The lowest BCUT2D eigenvalue weighted by molar-refractivity contribution is 0.400. The van der Waals surface area contributed by atoms with Crippen LogP contribution in [0.5, 0.6) is 0 Å². The van der Waals surface area contributed by atoms with E-state index in [1.807, 2.05) is 13.0 Å². The second-order valence-corrected chi connectivity index (χ2v) is 5.50. The summed E-state index contributed by atoms with van der Waals surface area (Å²) in [5.41, 5.74) is 1.56. The summed E-state index contributed by atoms with van der Waals surface area (Å²) in [5.74, 6) is 2.68. The minimum absolute atomic E-state index is 0.509. The van der Waals surface area contributed by atoms with Crippen molar-refractivity contribution in [1.82, 2.24) is 15.1 Å². The van der Waals surface area contributed by atoms with E-state index >= 15 is 0 Å². The van der Waals surface area contributed by atoms with Crippen molar-refractivity contribution < 1.29 is 4.52 Å². The van der Waals surface area contributed by atoms with Crippen molar-refractivity contribution in [3.63, 3.8) is 0 Å². The van der Waals surface area contributed by atoms with Crippen molar-refractivity contribution in [2.75, 3.05) is 17.2 Å². The lowest BCUT2D eigenvalue weighted by Gasteiger charge is -2.13. The Balaban J connectivity index is 1.53. The van der Waals surface area contributed by atoms with Gasteiger partial charge < -0.3 is 15.2 Å². The molecule has 22 heavy (non-hydrogen) atoms. The van der Waals surface area contributed by atoms with Gasteiger partial charge in [-0.3, -0.25) is 0 Å². The van der Waals surface area contributed by atoms with Gasteiger partial charge in [-0.15, -0.1) is 0 Å². The summed E-state index contributed by atoms with van der Waals surface area (Å²) < 4.78 is 5.01. The van der Waals surface area contributed by atoms with Gasteiger partial charge in [0, 0.05) is 18.8 Å². The van der Waals surface area contributed by atoms with Gasteiger partial charge in [0.25, 0.3) is 0 Å². The Morgan fingerprint density at radius 3 is 3.00 bits per heavy atom. The fourth-order valence-corrected chi connectivity index (χ4v) is 2.54. The summed E-state index contributed by atoms with van der Waals surface area (Å²) in [7, 11) is 0. The van der Waals surface area contributed by atoms with Gasteiger partial charge in [0.2, 0.25) is 5.95 Å². The highest BCUT2D eigenvalue weighted by Crippen LogP contribution is 2.20. The number of nitrogens with zero attached hydrogens (tertiary/aromatic N) is 3. The van der Waals surface area contributed by atoms with E-state index in [2.05, 4.69) is 31.8 Å². The Bertz CT molecular complexity index is 649. The average Bonchev–Trinajstić information content (AvgIpc) is 2.94. The molecule has 0 unspecified atom stereocenters. The number of allylic oxidation sites excluding steroid dienone is 1. The molecule has 2 N–H and O–H groups in total. The van der Waals surface area contributed by atoms with E-state index in [9.17, 15) is 0 Å². The monoisotopic (exact) mass is 299 g/mol. The second kappa shape index (κ2) is 7.06. The zero-order chi connectivity index (χ0) is 15.2. The van der Waals surface area contributed by atoms with E-state index in [0.29, 0.717) is 11.8 Å². The van der Waals surface area contributed by atoms with Crippen LogP contribution in [0.1, 0.15) is 37.9 Å². The molecule has 0 saturated carbocycles. The minimum atomic E-state index is 0.509. The largest absolute Gasteiger partial charge is 0.370 e. The van der Waals surface area contributed by atoms with E-state index in [-0.39, 0.29) is 0 Å². The van der Waals surface area contributed by atoms with Crippen molar-refractivity contribution in [2.45, 2.75) is 39.0 Å². The highest BCUT2D eigenvalue weighted by Gasteiger charge is 2.05. The van der Waals surface area contributed by atoms with Crippen molar-refractivity contribution in [3.05, 3.63) is 35.7 Å². The summed E-state index contributed by atoms with van der Waals surface area (Å²) in [5, 5.41) is 10.2. The minimum Gasteiger partial charge on any atom is -0.370 e. The third-order valence-corrected chi connectivity index (χ3v) is 3.66. The summed E-state index contributed by atoms with van der Waals surface area (Å²) >= 11 is 0. The van der Waals surface area contributed by atoms with Crippen LogP contribution in [-0.2, 0) is 0 Å². The van der Waals surface area contributed by atoms with E-state index in [1.165, 1.54) is 25.7 Å². The van der Waals surface area contributed by atoms with Gasteiger partial charge >= 0.3 is 0 Å². The van der Waals surface area contributed by atoms with Crippen LogP contribution in [-0.4, -0.2) is 21.7 Å². The molecular weight excluding hydrogens is 278 g/mol. The Kier molecular flexibility index (Phi) is 4.68. The van der Waals surface area contributed by atoms with Gasteiger partial charge in [-0.25, -0.2) is 4.98 Å². The predicted octanol–water partition coefficient (Wildman–Crippen LogP) is 3.82. The molecule has 2 heterocycles. The molecule has 0 aromatic carbocycles. The first-order valence-corrected chi connectivity index (χ1v) is 7.75. The van der Waals surface area contributed by atoms with Crippen molar-refractivity contribution in [2.24, 2.45) is 0 Å². The molecule has 2 aromatic heterocycles. The third kappa shape index (κ3) is 4.07. The van der Waals surface area contributed by atoms with Gasteiger partial charge in [0.15, 0.2) is 5.82 Å². The lowest BCUT2D eigenvalue weighted by Crippen LogP contribution is -2.07. The first-order valence-electron chi connectivity index (χ1n) is 7.75. The molecule has 0 radical (unpaired) electrons. The number of nitrogens with one attached hydrogen (secondary N) is 2. The smallest absolute Gasteiger partial charge is 0.230 e. The maximum Gasteiger partial charge on any atom is 0.230 e. The van der Waals surface area contributed by atoms with Crippen molar-refractivity contribution >= 4 is 17.6 Å². The fraction of sp³-hybridized carbons (Fsp3) is 0.438. The standard InChI is InChI=1S/C16H21N5O/c1-12-11-15(21-22-12)20-16-18-10-8-14(19-16)17-9-7-13-5-3-2-4-6-13/h5,8,10-11H,2-4,6-7,9H2,1H3,(H2,17,18,19,20,21). The van der Waals surface area contributed by atoms with Crippen LogP contribution in [0, 0.1) is 6.92 Å². The quantitative estimate of drug-likeness (QED) is 0.790. The second-order valence-electron chi connectivity index (χ2n) is 5.50. The molecular formula is C16H21N5O. The molecule has 6 heteroatoms.